The third-order valence-corrected chi connectivity index (χ3v) is 6.13. The van der Waals surface area contributed by atoms with Gasteiger partial charge in [-0.1, -0.05) is 0 Å². The van der Waals surface area contributed by atoms with E-state index in [9.17, 15) is 5.11 Å². The number of aliphatic hydroxyl groups is 1. The molecule has 0 radical (unpaired) electrons. The molecule has 2 aliphatic rings. The highest BCUT2D eigenvalue weighted by molar-refractivity contribution is 7.19. The summed E-state index contributed by atoms with van der Waals surface area (Å²) < 4.78 is 17.9. The van der Waals surface area contributed by atoms with E-state index in [-0.39, 0.29) is 0 Å². The predicted molar refractivity (Wildman–Crippen MR) is 85.4 cm³/mol. The lowest BCUT2D eigenvalue weighted by Crippen LogP contribution is -2.41. The van der Waals surface area contributed by atoms with Crippen LogP contribution >= 0.6 is 11.3 Å². The number of rotatable bonds is 2. The molecular formula is C17H20O4S. The standard InChI is InChI=1S/C17H20O4S/c1-19-13-3-2-12-10-15(22-14(12)11-13)16(18)4-6-17(7-5-16)20-8-9-21-17/h2-3,10-11,18H,4-9H2,1H3. The Morgan fingerprint density at radius 1 is 1.09 bits per heavy atom. The molecule has 4 nitrogen and oxygen atoms in total. The molecule has 1 aromatic heterocycles. The molecule has 4 rings (SSSR count). The minimum Gasteiger partial charge on any atom is -0.497 e. The van der Waals surface area contributed by atoms with Gasteiger partial charge in [-0.2, -0.15) is 0 Å². The van der Waals surface area contributed by atoms with Crippen LogP contribution in [0.3, 0.4) is 0 Å². The lowest BCUT2D eigenvalue weighted by molar-refractivity contribution is -0.203. The fraction of sp³-hybridized carbons (Fsp3) is 0.529. The summed E-state index contributed by atoms with van der Waals surface area (Å²) in [6.45, 7) is 1.34. The maximum atomic E-state index is 11.1. The molecule has 1 saturated carbocycles. The molecule has 1 aliphatic carbocycles. The van der Waals surface area contributed by atoms with Crippen molar-refractivity contribution >= 4 is 21.4 Å². The van der Waals surface area contributed by atoms with Crippen molar-refractivity contribution in [3.63, 3.8) is 0 Å². The SMILES string of the molecule is COc1ccc2cc(C3(O)CCC4(CC3)OCCO4)sc2c1. The van der Waals surface area contributed by atoms with Crippen LogP contribution in [-0.4, -0.2) is 31.2 Å². The zero-order valence-corrected chi connectivity index (χ0v) is 13.4. The van der Waals surface area contributed by atoms with Crippen molar-refractivity contribution in [1.82, 2.24) is 0 Å². The first-order valence-corrected chi connectivity index (χ1v) is 8.53. The van der Waals surface area contributed by atoms with Gasteiger partial charge in [-0.25, -0.2) is 0 Å². The van der Waals surface area contributed by atoms with Gasteiger partial charge in [-0.15, -0.1) is 11.3 Å². The summed E-state index contributed by atoms with van der Waals surface area (Å²) in [6, 6.07) is 8.14. The number of ether oxygens (including phenoxy) is 3. The second-order valence-corrected chi connectivity index (χ2v) is 7.24. The molecule has 2 fully saturated rings. The van der Waals surface area contributed by atoms with E-state index in [0.29, 0.717) is 26.1 Å². The molecule has 1 aliphatic heterocycles. The third kappa shape index (κ3) is 2.33. The van der Waals surface area contributed by atoms with E-state index in [0.717, 1.165) is 33.6 Å². The maximum Gasteiger partial charge on any atom is 0.168 e. The molecule has 0 bridgehead atoms. The summed E-state index contributed by atoms with van der Waals surface area (Å²) in [5.74, 6) is 0.412. The van der Waals surface area contributed by atoms with E-state index in [4.69, 9.17) is 14.2 Å². The number of hydrogen-bond donors (Lipinski definition) is 1. The number of hydrogen-bond acceptors (Lipinski definition) is 5. The molecule has 2 heterocycles. The highest BCUT2D eigenvalue weighted by atomic mass is 32.1. The summed E-state index contributed by atoms with van der Waals surface area (Å²) in [5, 5.41) is 12.2. The molecular weight excluding hydrogens is 300 g/mol. The van der Waals surface area contributed by atoms with Crippen molar-refractivity contribution in [2.45, 2.75) is 37.1 Å². The van der Waals surface area contributed by atoms with Gasteiger partial charge in [0.05, 0.1) is 25.9 Å². The van der Waals surface area contributed by atoms with E-state index >= 15 is 0 Å². The topological polar surface area (TPSA) is 47.9 Å². The molecule has 1 N–H and O–H groups in total. The van der Waals surface area contributed by atoms with E-state index in [1.807, 2.05) is 18.2 Å². The molecule has 0 amide bonds. The zero-order valence-electron chi connectivity index (χ0n) is 12.6. The Labute approximate surface area is 133 Å². The third-order valence-electron chi connectivity index (χ3n) is 4.84. The Bertz CT molecular complexity index is 677. The molecule has 118 valence electrons. The fourth-order valence-corrected chi connectivity index (χ4v) is 4.68. The van der Waals surface area contributed by atoms with Crippen LogP contribution in [0.2, 0.25) is 0 Å². The average Bonchev–Trinajstić information content (AvgIpc) is 3.17. The molecule has 1 spiro atoms. The Morgan fingerprint density at radius 2 is 1.82 bits per heavy atom. The van der Waals surface area contributed by atoms with E-state index < -0.39 is 11.4 Å². The molecule has 1 saturated heterocycles. The molecule has 2 aromatic rings. The van der Waals surface area contributed by atoms with Crippen molar-refractivity contribution in [3.05, 3.63) is 29.1 Å². The molecule has 0 unspecified atom stereocenters. The van der Waals surface area contributed by atoms with Gasteiger partial charge in [-0.3, -0.25) is 0 Å². The van der Waals surface area contributed by atoms with Gasteiger partial charge < -0.3 is 19.3 Å². The van der Waals surface area contributed by atoms with Crippen LogP contribution < -0.4 is 4.74 Å². The van der Waals surface area contributed by atoms with Crippen LogP contribution in [0, 0.1) is 0 Å². The van der Waals surface area contributed by atoms with Crippen molar-refractivity contribution in [2.24, 2.45) is 0 Å². The van der Waals surface area contributed by atoms with Gasteiger partial charge in [0.1, 0.15) is 5.75 Å². The van der Waals surface area contributed by atoms with Crippen LogP contribution in [0.1, 0.15) is 30.6 Å². The summed E-state index contributed by atoms with van der Waals surface area (Å²) in [4.78, 5) is 1.03. The van der Waals surface area contributed by atoms with Gasteiger partial charge in [0, 0.05) is 22.4 Å². The monoisotopic (exact) mass is 320 g/mol. The van der Waals surface area contributed by atoms with Gasteiger partial charge in [-0.05, 0) is 42.5 Å². The molecule has 22 heavy (non-hydrogen) atoms. The van der Waals surface area contributed by atoms with Crippen LogP contribution in [-0.2, 0) is 15.1 Å². The zero-order chi connectivity index (χ0) is 15.2. The second-order valence-electron chi connectivity index (χ2n) is 6.15. The minimum absolute atomic E-state index is 0.438. The Hall–Kier alpha value is -1.14. The molecule has 0 atom stereocenters. The van der Waals surface area contributed by atoms with E-state index in [1.54, 1.807) is 18.4 Å². The van der Waals surface area contributed by atoms with Crippen molar-refractivity contribution in [3.8, 4) is 5.75 Å². The van der Waals surface area contributed by atoms with Crippen LogP contribution in [0.5, 0.6) is 5.75 Å². The van der Waals surface area contributed by atoms with Crippen molar-refractivity contribution < 1.29 is 19.3 Å². The van der Waals surface area contributed by atoms with Gasteiger partial charge in [0.15, 0.2) is 5.79 Å². The Kier molecular flexibility index (Phi) is 3.42. The van der Waals surface area contributed by atoms with E-state index in [1.165, 1.54) is 0 Å². The summed E-state index contributed by atoms with van der Waals surface area (Å²) in [6.07, 6.45) is 2.86. The van der Waals surface area contributed by atoms with Gasteiger partial charge >= 0.3 is 0 Å². The first-order valence-electron chi connectivity index (χ1n) is 7.71. The Balaban J connectivity index is 1.61. The first kappa shape index (κ1) is 14.5. The quantitative estimate of drug-likeness (QED) is 0.921. The normalized spacial score (nSPS) is 23.2. The highest BCUT2D eigenvalue weighted by Gasteiger charge is 2.46. The average molecular weight is 320 g/mol. The number of benzene rings is 1. The number of methoxy groups -OCH3 is 1. The maximum absolute atomic E-state index is 11.1. The van der Waals surface area contributed by atoms with Crippen molar-refractivity contribution in [2.75, 3.05) is 20.3 Å². The summed E-state index contributed by atoms with van der Waals surface area (Å²) >= 11 is 1.65. The van der Waals surface area contributed by atoms with Gasteiger partial charge in [0.25, 0.3) is 0 Å². The lowest BCUT2D eigenvalue weighted by Gasteiger charge is -2.40. The summed E-state index contributed by atoms with van der Waals surface area (Å²) in [5.41, 5.74) is -0.766. The second kappa shape index (κ2) is 5.20. The first-order chi connectivity index (χ1) is 10.6. The van der Waals surface area contributed by atoms with Crippen LogP contribution in [0.4, 0.5) is 0 Å². The van der Waals surface area contributed by atoms with Crippen LogP contribution in [0.15, 0.2) is 24.3 Å². The number of thiophene rings is 1. The Morgan fingerprint density at radius 3 is 2.50 bits per heavy atom. The van der Waals surface area contributed by atoms with Gasteiger partial charge in [0.2, 0.25) is 0 Å². The summed E-state index contributed by atoms with van der Waals surface area (Å²) in [7, 11) is 1.67. The van der Waals surface area contributed by atoms with Crippen LogP contribution in [0.25, 0.3) is 10.1 Å². The largest absolute Gasteiger partial charge is 0.497 e. The highest BCUT2D eigenvalue weighted by Crippen LogP contribution is 2.47. The van der Waals surface area contributed by atoms with E-state index in [2.05, 4.69) is 6.07 Å². The smallest absolute Gasteiger partial charge is 0.168 e. The minimum atomic E-state index is -0.766. The lowest BCUT2D eigenvalue weighted by atomic mass is 9.80. The fourth-order valence-electron chi connectivity index (χ4n) is 3.44. The molecule has 1 aromatic carbocycles. The van der Waals surface area contributed by atoms with Crippen molar-refractivity contribution in [1.29, 1.82) is 0 Å². The predicted octanol–water partition coefficient (Wildman–Crippen LogP) is 3.41. The number of fused-ring (bicyclic) bond motifs is 1. The molecule has 5 heteroatoms.